The molecule has 30 heavy (non-hydrogen) atoms. The number of aryl methyl sites for hydroxylation is 2. The van der Waals surface area contributed by atoms with E-state index in [4.69, 9.17) is 0 Å². The first-order valence-electron chi connectivity index (χ1n) is 10.3. The van der Waals surface area contributed by atoms with Gasteiger partial charge in [0.25, 0.3) is 0 Å². The summed E-state index contributed by atoms with van der Waals surface area (Å²) in [5, 5.41) is 11.4. The summed E-state index contributed by atoms with van der Waals surface area (Å²) in [4.78, 5) is 22.6. The van der Waals surface area contributed by atoms with Crippen LogP contribution in [0.15, 0.2) is 29.3 Å². The Kier molecular flexibility index (Phi) is 7.68. The zero-order valence-corrected chi connectivity index (χ0v) is 19.9. The summed E-state index contributed by atoms with van der Waals surface area (Å²) in [6.45, 7) is 4.98. The molecule has 2 aliphatic rings. The summed E-state index contributed by atoms with van der Waals surface area (Å²) in [5.41, 5.74) is 2.35. The van der Waals surface area contributed by atoms with Gasteiger partial charge in [0.1, 0.15) is 11.6 Å². The van der Waals surface area contributed by atoms with Crippen molar-refractivity contribution in [3.8, 4) is 0 Å². The SMILES string of the molecule is CN=C(NCc1cccc(CN2CCCC2=O)c1)NC1CCc2nc(C)nn2C1.I. The Labute approximate surface area is 194 Å². The van der Waals surface area contributed by atoms with Gasteiger partial charge in [-0.25, -0.2) is 9.67 Å². The number of aliphatic imine (C=N–C) groups is 1. The van der Waals surface area contributed by atoms with Crippen molar-refractivity contribution in [3.63, 3.8) is 0 Å². The second kappa shape index (κ2) is 10.2. The predicted octanol–water partition coefficient (Wildman–Crippen LogP) is 2.01. The first-order valence-corrected chi connectivity index (χ1v) is 10.3. The van der Waals surface area contributed by atoms with Crippen LogP contribution in [0, 0.1) is 6.92 Å². The zero-order chi connectivity index (χ0) is 20.2. The third-order valence-electron chi connectivity index (χ3n) is 5.52. The molecule has 0 saturated carbocycles. The van der Waals surface area contributed by atoms with Crippen LogP contribution in [0.3, 0.4) is 0 Å². The van der Waals surface area contributed by atoms with Crippen molar-refractivity contribution in [3.05, 3.63) is 47.0 Å². The molecule has 1 unspecified atom stereocenters. The number of amides is 1. The van der Waals surface area contributed by atoms with E-state index in [0.29, 0.717) is 19.5 Å². The van der Waals surface area contributed by atoms with Gasteiger partial charge in [0.15, 0.2) is 5.96 Å². The molecule has 3 heterocycles. The van der Waals surface area contributed by atoms with E-state index in [1.54, 1.807) is 7.05 Å². The summed E-state index contributed by atoms with van der Waals surface area (Å²) in [7, 11) is 1.79. The fourth-order valence-corrected chi connectivity index (χ4v) is 4.05. The standard InChI is InChI=1S/C21H29N7O.HI/c1-15-24-19-9-8-18(14-28(19)26-15)25-21(22-2)23-12-16-5-3-6-17(11-16)13-27-10-4-7-20(27)29;/h3,5-6,11,18H,4,7-10,12-14H2,1-2H3,(H2,22,23,25);1H. The molecule has 0 aliphatic carbocycles. The molecule has 0 radical (unpaired) electrons. The largest absolute Gasteiger partial charge is 0.352 e. The van der Waals surface area contributed by atoms with Gasteiger partial charge in [-0.3, -0.25) is 9.79 Å². The van der Waals surface area contributed by atoms with Crippen LogP contribution in [0.4, 0.5) is 0 Å². The Morgan fingerprint density at radius 2 is 2.13 bits per heavy atom. The van der Waals surface area contributed by atoms with Gasteiger partial charge < -0.3 is 15.5 Å². The number of halogens is 1. The van der Waals surface area contributed by atoms with E-state index in [2.05, 4.69) is 50.0 Å². The first kappa shape index (κ1) is 22.5. The second-order valence-electron chi connectivity index (χ2n) is 7.80. The summed E-state index contributed by atoms with van der Waals surface area (Å²) < 4.78 is 1.99. The van der Waals surface area contributed by atoms with Crippen LogP contribution < -0.4 is 10.6 Å². The van der Waals surface area contributed by atoms with Crippen molar-refractivity contribution in [2.24, 2.45) is 4.99 Å². The molecule has 1 aromatic heterocycles. The van der Waals surface area contributed by atoms with E-state index in [0.717, 1.165) is 50.0 Å². The lowest BCUT2D eigenvalue weighted by molar-refractivity contribution is -0.128. The molecule has 9 heteroatoms. The molecule has 2 N–H and O–H groups in total. The van der Waals surface area contributed by atoms with E-state index < -0.39 is 0 Å². The smallest absolute Gasteiger partial charge is 0.222 e. The molecular formula is C21H30IN7O. The van der Waals surface area contributed by atoms with Crippen molar-refractivity contribution in [2.75, 3.05) is 13.6 Å². The molecule has 1 saturated heterocycles. The van der Waals surface area contributed by atoms with Gasteiger partial charge >= 0.3 is 0 Å². The van der Waals surface area contributed by atoms with Crippen molar-refractivity contribution < 1.29 is 4.79 Å². The van der Waals surface area contributed by atoms with E-state index in [1.165, 1.54) is 11.1 Å². The van der Waals surface area contributed by atoms with Crippen molar-refractivity contribution >= 4 is 35.8 Å². The summed E-state index contributed by atoms with van der Waals surface area (Å²) in [6.07, 6.45) is 3.59. The number of likely N-dealkylation sites (tertiary alicyclic amines) is 1. The lowest BCUT2D eigenvalue weighted by atomic mass is 10.1. The highest BCUT2D eigenvalue weighted by Crippen LogP contribution is 2.15. The molecule has 2 aliphatic heterocycles. The fourth-order valence-electron chi connectivity index (χ4n) is 4.05. The minimum atomic E-state index is 0. The van der Waals surface area contributed by atoms with Gasteiger partial charge in [-0.1, -0.05) is 24.3 Å². The molecule has 162 valence electrons. The van der Waals surface area contributed by atoms with E-state index >= 15 is 0 Å². The summed E-state index contributed by atoms with van der Waals surface area (Å²) in [5.74, 6) is 2.95. The minimum Gasteiger partial charge on any atom is -0.352 e. The Hall–Kier alpha value is -2.17. The summed E-state index contributed by atoms with van der Waals surface area (Å²) in [6, 6.07) is 8.68. The molecule has 4 rings (SSSR count). The molecule has 1 atom stereocenters. The molecule has 2 aromatic rings. The van der Waals surface area contributed by atoms with Crippen LogP contribution in [-0.4, -0.2) is 51.2 Å². The molecule has 0 bridgehead atoms. The first-order chi connectivity index (χ1) is 14.1. The number of fused-ring (bicyclic) bond motifs is 1. The van der Waals surface area contributed by atoms with Crippen LogP contribution in [0.25, 0.3) is 0 Å². The Morgan fingerprint density at radius 1 is 1.30 bits per heavy atom. The molecule has 8 nitrogen and oxygen atoms in total. The van der Waals surface area contributed by atoms with Crippen LogP contribution in [0.2, 0.25) is 0 Å². The number of nitrogens with zero attached hydrogens (tertiary/aromatic N) is 5. The van der Waals surface area contributed by atoms with Gasteiger partial charge in [0.05, 0.1) is 6.54 Å². The van der Waals surface area contributed by atoms with Crippen LogP contribution in [0.5, 0.6) is 0 Å². The molecule has 1 amide bonds. The quantitative estimate of drug-likeness (QED) is 0.356. The van der Waals surface area contributed by atoms with Crippen LogP contribution in [0.1, 0.15) is 42.0 Å². The number of hydrogen-bond donors (Lipinski definition) is 2. The minimum absolute atomic E-state index is 0. The van der Waals surface area contributed by atoms with E-state index in [1.807, 2.05) is 16.5 Å². The second-order valence-corrected chi connectivity index (χ2v) is 7.80. The normalized spacial score (nSPS) is 18.7. The van der Waals surface area contributed by atoms with Gasteiger partial charge in [-0.05, 0) is 30.9 Å². The maximum Gasteiger partial charge on any atom is 0.222 e. The third-order valence-corrected chi connectivity index (χ3v) is 5.52. The Balaban J connectivity index is 0.00000256. The average molecular weight is 523 g/mol. The van der Waals surface area contributed by atoms with E-state index in [9.17, 15) is 4.79 Å². The molecule has 0 spiro atoms. The lowest BCUT2D eigenvalue weighted by Gasteiger charge is -2.25. The van der Waals surface area contributed by atoms with E-state index in [-0.39, 0.29) is 35.9 Å². The van der Waals surface area contributed by atoms with Crippen molar-refractivity contribution in [2.45, 2.75) is 58.3 Å². The highest BCUT2D eigenvalue weighted by atomic mass is 127. The number of rotatable bonds is 5. The number of guanidine groups is 1. The topological polar surface area (TPSA) is 87.4 Å². The highest BCUT2D eigenvalue weighted by Gasteiger charge is 2.22. The van der Waals surface area contributed by atoms with Gasteiger partial charge in [0.2, 0.25) is 5.91 Å². The van der Waals surface area contributed by atoms with Crippen LogP contribution >= 0.6 is 24.0 Å². The Bertz CT molecular complexity index is 911. The summed E-state index contributed by atoms with van der Waals surface area (Å²) >= 11 is 0. The number of carbonyl (C=O) groups is 1. The highest BCUT2D eigenvalue weighted by molar-refractivity contribution is 14.0. The molecule has 1 fully saturated rings. The number of carbonyl (C=O) groups excluding carboxylic acids is 1. The predicted molar refractivity (Wildman–Crippen MR) is 127 cm³/mol. The molecule has 1 aromatic carbocycles. The number of nitrogens with one attached hydrogen (secondary N) is 2. The zero-order valence-electron chi connectivity index (χ0n) is 17.6. The number of hydrogen-bond acceptors (Lipinski definition) is 4. The number of benzene rings is 1. The monoisotopic (exact) mass is 523 g/mol. The fraction of sp³-hybridized carbons (Fsp3) is 0.524. The van der Waals surface area contributed by atoms with Crippen LogP contribution in [-0.2, 0) is 30.8 Å². The van der Waals surface area contributed by atoms with Gasteiger partial charge in [0, 0.05) is 45.6 Å². The third kappa shape index (κ3) is 5.50. The van der Waals surface area contributed by atoms with Gasteiger partial charge in [-0.2, -0.15) is 5.10 Å². The maximum atomic E-state index is 11.9. The van der Waals surface area contributed by atoms with Gasteiger partial charge in [-0.15, -0.1) is 24.0 Å². The maximum absolute atomic E-state index is 11.9. The lowest BCUT2D eigenvalue weighted by Crippen LogP contribution is -2.46. The van der Waals surface area contributed by atoms with Crippen molar-refractivity contribution in [1.29, 1.82) is 0 Å². The molecular weight excluding hydrogens is 493 g/mol. The van der Waals surface area contributed by atoms with Crippen molar-refractivity contribution in [1.82, 2.24) is 30.3 Å². The Morgan fingerprint density at radius 3 is 2.90 bits per heavy atom. The average Bonchev–Trinajstić information content (AvgIpc) is 3.29. The number of aromatic nitrogens is 3.